The van der Waals surface area contributed by atoms with Crippen molar-refractivity contribution in [3.63, 3.8) is 0 Å². The number of thiazole rings is 1. The highest BCUT2D eigenvalue weighted by Gasteiger charge is 2.13. The summed E-state index contributed by atoms with van der Waals surface area (Å²) in [6, 6.07) is 1.81. The summed E-state index contributed by atoms with van der Waals surface area (Å²) in [5, 5.41) is 15.8. The van der Waals surface area contributed by atoms with Gasteiger partial charge < -0.3 is 10.3 Å². The van der Waals surface area contributed by atoms with Crippen LogP contribution in [0.4, 0.5) is 0 Å². The molecule has 120 valence electrons. The van der Waals surface area contributed by atoms with Gasteiger partial charge in [0.25, 0.3) is 5.91 Å². The first-order valence-corrected chi connectivity index (χ1v) is 8.94. The molecule has 3 rings (SSSR count). The maximum Gasteiger partial charge on any atom is 0.268 e. The fourth-order valence-corrected chi connectivity index (χ4v) is 3.40. The van der Waals surface area contributed by atoms with E-state index in [1.165, 1.54) is 11.3 Å². The Kier molecular flexibility index (Phi) is 4.53. The first-order valence-electron chi connectivity index (χ1n) is 7.24. The summed E-state index contributed by atoms with van der Waals surface area (Å²) in [4.78, 5) is 19.6. The Labute approximate surface area is 142 Å². The molecule has 0 unspecified atom stereocenters. The molecule has 3 heterocycles. The molecule has 0 aliphatic heterocycles. The highest BCUT2D eigenvalue weighted by Crippen LogP contribution is 2.22. The number of hydrogen-bond donors (Lipinski definition) is 2. The van der Waals surface area contributed by atoms with Crippen molar-refractivity contribution >= 4 is 28.6 Å². The maximum absolute atomic E-state index is 12.2. The average Bonchev–Trinajstić information content (AvgIpc) is 3.24. The number of carbonyl (C=O) groups excluding carboxylic acids is 1. The lowest BCUT2D eigenvalue weighted by Crippen LogP contribution is -2.22. The molecule has 0 fully saturated rings. The zero-order valence-electron chi connectivity index (χ0n) is 13.1. The predicted octanol–water partition coefficient (Wildman–Crippen LogP) is 3.35. The van der Waals surface area contributed by atoms with Gasteiger partial charge >= 0.3 is 0 Å². The number of aromatic nitrogens is 4. The van der Waals surface area contributed by atoms with E-state index in [1.54, 1.807) is 17.5 Å². The third-order valence-corrected chi connectivity index (χ3v) is 5.22. The average molecular weight is 347 g/mol. The van der Waals surface area contributed by atoms with Crippen LogP contribution in [0.1, 0.15) is 45.3 Å². The maximum atomic E-state index is 12.2. The van der Waals surface area contributed by atoms with Crippen LogP contribution >= 0.6 is 22.7 Å². The quantitative estimate of drug-likeness (QED) is 0.741. The number of aromatic amines is 1. The molecule has 0 saturated carbocycles. The summed E-state index contributed by atoms with van der Waals surface area (Å²) in [6.45, 7) is 6.49. The van der Waals surface area contributed by atoms with Gasteiger partial charge in [0.15, 0.2) is 0 Å². The summed E-state index contributed by atoms with van der Waals surface area (Å²) in [5.41, 5.74) is 2.31. The second kappa shape index (κ2) is 6.59. The number of H-pyrrole nitrogens is 1. The normalized spacial score (nSPS) is 11.1. The lowest BCUT2D eigenvalue weighted by atomic mass is 10.2. The van der Waals surface area contributed by atoms with Crippen LogP contribution in [0.5, 0.6) is 0 Å². The molecule has 3 aromatic rings. The molecule has 0 aromatic carbocycles. The minimum Gasteiger partial charge on any atom is -0.357 e. The Morgan fingerprint density at radius 1 is 1.39 bits per heavy atom. The zero-order valence-corrected chi connectivity index (χ0v) is 14.7. The molecule has 0 spiro atoms. The topological polar surface area (TPSA) is 83.6 Å². The van der Waals surface area contributed by atoms with Gasteiger partial charge in [-0.2, -0.15) is 0 Å². The van der Waals surface area contributed by atoms with E-state index < -0.39 is 0 Å². The summed E-state index contributed by atoms with van der Waals surface area (Å²) in [5.74, 6) is 0.189. The number of aryl methyl sites for hydroxylation is 1. The van der Waals surface area contributed by atoms with Crippen molar-refractivity contribution in [3.8, 4) is 11.3 Å². The van der Waals surface area contributed by atoms with E-state index >= 15 is 0 Å². The number of amides is 1. The molecule has 0 bridgehead atoms. The summed E-state index contributed by atoms with van der Waals surface area (Å²) >= 11 is 3.12. The summed E-state index contributed by atoms with van der Waals surface area (Å²) in [7, 11) is 0. The van der Waals surface area contributed by atoms with Gasteiger partial charge in [-0.05, 0) is 13.0 Å². The predicted molar refractivity (Wildman–Crippen MR) is 91.8 cm³/mol. The molecule has 8 heteroatoms. The Morgan fingerprint density at radius 3 is 2.87 bits per heavy atom. The van der Waals surface area contributed by atoms with Gasteiger partial charge in [-0.25, -0.2) is 4.98 Å². The van der Waals surface area contributed by atoms with E-state index in [0.29, 0.717) is 18.2 Å². The van der Waals surface area contributed by atoms with Crippen LogP contribution in [0, 0.1) is 6.92 Å². The van der Waals surface area contributed by atoms with Crippen molar-refractivity contribution in [2.24, 2.45) is 0 Å². The molecule has 0 aliphatic carbocycles. The molecule has 0 atom stereocenters. The monoisotopic (exact) mass is 347 g/mol. The Balaban J connectivity index is 1.63. The van der Waals surface area contributed by atoms with Crippen LogP contribution < -0.4 is 5.32 Å². The first-order chi connectivity index (χ1) is 11.0. The minimum absolute atomic E-state index is 0.163. The third-order valence-electron chi connectivity index (χ3n) is 3.22. The highest BCUT2D eigenvalue weighted by molar-refractivity contribution is 7.11. The Bertz CT molecular complexity index is 817. The Hall–Kier alpha value is -2.06. The molecule has 6 nitrogen and oxygen atoms in total. The minimum atomic E-state index is -0.163. The van der Waals surface area contributed by atoms with E-state index in [-0.39, 0.29) is 5.91 Å². The number of nitrogens with zero attached hydrogens (tertiary/aromatic N) is 3. The SMILES string of the molecule is Cc1nc(-c2c[nH]c(C(=O)NCc3nnc(C(C)C)s3)c2)cs1. The van der Waals surface area contributed by atoms with Crippen LogP contribution in [0.2, 0.25) is 0 Å². The lowest BCUT2D eigenvalue weighted by Gasteiger charge is -2.00. The van der Waals surface area contributed by atoms with Crippen molar-refractivity contribution in [2.75, 3.05) is 0 Å². The van der Waals surface area contributed by atoms with Gasteiger partial charge in [0.1, 0.15) is 15.7 Å². The van der Waals surface area contributed by atoms with E-state index in [4.69, 9.17) is 0 Å². The second-order valence-corrected chi connectivity index (χ2v) is 7.58. The van der Waals surface area contributed by atoms with E-state index in [9.17, 15) is 4.79 Å². The third kappa shape index (κ3) is 3.65. The molecule has 0 aliphatic rings. The van der Waals surface area contributed by atoms with Crippen molar-refractivity contribution in [1.29, 1.82) is 0 Å². The van der Waals surface area contributed by atoms with Crippen molar-refractivity contribution in [3.05, 3.63) is 38.4 Å². The molecule has 3 aromatic heterocycles. The summed E-state index contributed by atoms with van der Waals surface area (Å²) in [6.07, 6.45) is 1.80. The van der Waals surface area contributed by atoms with Crippen molar-refractivity contribution in [1.82, 2.24) is 25.5 Å². The molecule has 0 saturated heterocycles. The van der Waals surface area contributed by atoms with E-state index in [2.05, 4.69) is 39.3 Å². The van der Waals surface area contributed by atoms with Gasteiger partial charge in [-0.15, -0.1) is 21.5 Å². The molecular weight excluding hydrogens is 330 g/mol. The summed E-state index contributed by atoms with van der Waals surface area (Å²) < 4.78 is 0. The van der Waals surface area contributed by atoms with Crippen LogP contribution in [0.3, 0.4) is 0 Å². The highest BCUT2D eigenvalue weighted by atomic mass is 32.1. The first kappa shape index (κ1) is 15.8. The fourth-order valence-electron chi connectivity index (χ4n) is 1.99. The smallest absolute Gasteiger partial charge is 0.268 e. The van der Waals surface area contributed by atoms with Gasteiger partial charge in [0.05, 0.1) is 17.2 Å². The van der Waals surface area contributed by atoms with Crippen molar-refractivity contribution < 1.29 is 4.79 Å². The Morgan fingerprint density at radius 2 is 2.22 bits per heavy atom. The lowest BCUT2D eigenvalue weighted by molar-refractivity contribution is 0.0946. The van der Waals surface area contributed by atoms with Gasteiger partial charge in [-0.3, -0.25) is 4.79 Å². The van der Waals surface area contributed by atoms with Gasteiger partial charge in [-0.1, -0.05) is 25.2 Å². The largest absolute Gasteiger partial charge is 0.357 e. The van der Waals surface area contributed by atoms with E-state index in [1.807, 2.05) is 18.4 Å². The number of hydrogen-bond acceptors (Lipinski definition) is 6. The van der Waals surface area contributed by atoms with E-state index in [0.717, 1.165) is 26.3 Å². The molecule has 2 N–H and O–H groups in total. The number of rotatable bonds is 5. The van der Waals surface area contributed by atoms with Crippen LogP contribution in [0.15, 0.2) is 17.6 Å². The number of carbonyl (C=O) groups is 1. The van der Waals surface area contributed by atoms with Crippen LogP contribution in [-0.2, 0) is 6.54 Å². The fraction of sp³-hybridized carbons (Fsp3) is 0.333. The van der Waals surface area contributed by atoms with Gasteiger partial charge in [0.2, 0.25) is 0 Å². The van der Waals surface area contributed by atoms with Crippen LogP contribution in [-0.4, -0.2) is 26.1 Å². The van der Waals surface area contributed by atoms with Crippen molar-refractivity contribution in [2.45, 2.75) is 33.2 Å². The van der Waals surface area contributed by atoms with Gasteiger partial charge in [0, 0.05) is 23.1 Å². The standard InChI is InChI=1S/C15H17N5OS2/c1-8(2)15-20-19-13(23-15)6-17-14(21)11-4-10(5-16-11)12-7-22-9(3)18-12/h4-5,7-8,16H,6H2,1-3H3,(H,17,21). The molecular formula is C15H17N5OS2. The second-order valence-electron chi connectivity index (χ2n) is 5.43. The zero-order chi connectivity index (χ0) is 16.4. The van der Waals surface area contributed by atoms with Crippen LogP contribution in [0.25, 0.3) is 11.3 Å². The molecule has 0 radical (unpaired) electrons. The molecule has 23 heavy (non-hydrogen) atoms. The number of nitrogens with one attached hydrogen (secondary N) is 2. The molecule has 1 amide bonds.